The molecule has 0 fully saturated rings. The van der Waals surface area contributed by atoms with Crippen LogP contribution in [0.1, 0.15) is 0 Å². The molecule has 0 saturated heterocycles. The number of aromatic nitrogens is 1. The summed E-state index contributed by atoms with van der Waals surface area (Å²) >= 11 is 5.96. The molecule has 1 aromatic carbocycles. The van der Waals surface area contributed by atoms with Crippen molar-refractivity contribution in [1.29, 1.82) is 0 Å². The predicted molar refractivity (Wildman–Crippen MR) is 82.6 cm³/mol. The molecule has 0 saturated carbocycles. The third-order valence-electron chi connectivity index (χ3n) is 2.71. The molecule has 21 heavy (non-hydrogen) atoms. The first-order valence-electron chi connectivity index (χ1n) is 5.96. The summed E-state index contributed by atoms with van der Waals surface area (Å²) in [6, 6.07) is 7.68. The van der Waals surface area contributed by atoms with Crippen LogP contribution in [0.3, 0.4) is 0 Å². The van der Waals surface area contributed by atoms with Crippen molar-refractivity contribution in [2.75, 3.05) is 24.2 Å². The highest BCUT2D eigenvalue weighted by Crippen LogP contribution is 2.28. The van der Waals surface area contributed by atoms with Crippen molar-refractivity contribution in [3.8, 4) is 5.75 Å². The molecule has 8 heteroatoms. The van der Waals surface area contributed by atoms with E-state index in [2.05, 4.69) is 15.0 Å². The fraction of sp³-hybridized carbons (Fsp3) is 0.154. The summed E-state index contributed by atoms with van der Waals surface area (Å²) in [6.45, 7) is 0. The molecule has 0 aliphatic rings. The van der Waals surface area contributed by atoms with E-state index in [1.165, 1.54) is 25.4 Å². The zero-order chi connectivity index (χ0) is 15.5. The molecule has 112 valence electrons. The molecule has 0 aliphatic carbocycles. The van der Waals surface area contributed by atoms with Crippen LogP contribution in [0.4, 0.5) is 11.5 Å². The highest BCUT2D eigenvalue weighted by Gasteiger charge is 2.15. The molecular formula is C13H14ClN3O3S. The monoisotopic (exact) mass is 327 g/mol. The molecule has 1 aromatic heterocycles. The van der Waals surface area contributed by atoms with E-state index in [1.807, 2.05) is 0 Å². The molecule has 0 unspecified atom stereocenters. The molecule has 0 atom stereocenters. The van der Waals surface area contributed by atoms with Crippen LogP contribution in [0.25, 0.3) is 0 Å². The number of anilines is 2. The van der Waals surface area contributed by atoms with Crippen LogP contribution in [0.15, 0.2) is 41.4 Å². The summed E-state index contributed by atoms with van der Waals surface area (Å²) in [5, 5.41) is 3.14. The number of pyridine rings is 1. The molecule has 0 aliphatic heterocycles. The van der Waals surface area contributed by atoms with E-state index in [0.29, 0.717) is 22.3 Å². The minimum atomic E-state index is -3.71. The first-order valence-corrected chi connectivity index (χ1v) is 7.82. The third-order valence-corrected chi connectivity index (χ3v) is 4.37. The third kappa shape index (κ3) is 3.56. The van der Waals surface area contributed by atoms with Crippen LogP contribution in [0.2, 0.25) is 5.02 Å². The molecule has 6 nitrogen and oxygen atoms in total. The SMILES string of the molecule is CNc1ccc(S(=O)(=O)Nc2ccc(OC)c(Cl)c2)cn1. The summed E-state index contributed by atoms with van der Waals surface area (Å²) in [6.07, 6.45) is 1.28. The fourth-order valence-electron chi connectivity index (χ4n) is 1.63. The molecule has 0 spiro atoms. The summed E-state index contributed by atoms with van der Waals surface area (Å²) in [5.41, 5.74) is 0.346. The van der Waals surface area contributed by atoms with Gasteiger partial charge in [-0.1, -0.05) is 11.6 Å². The molecule has 2 N–H and O–H groups in total. The zero-order valence-electron chi connectivity index (χ0n) is 11.4. The van der Waals surface area contributed by atoms with Gasteiger partial charge in [-0.3, -0.25) is 4.72 Å². The largest absolute Gasteiger partial charge is 0.495 e. The number of nitrogens with one attached hydrogen (secondary N) is 2. The average molecular weight is 328 g/mol. The quantitative estimate of drug-likeness (QED) is 0.882. The van der Waals surface area contributed by atoms with Gasteiger partial charge in [-0.2, -0.15) is 0 Å². The Morgan fingerprint density at radius 1 is 1.24 bits per heavy atom. The van der Waals surface area contributed by atoms with Gasteiger partial charge in [-0.25, -0.2) is 13.4 Å². The summed E-state index contributed by atoms with van der Waals surface area (Å²) in [7, 11) is -0.526. The van der Waals surface area contributed by atoms with Gasteiger partial charge in [-0.15, -0.1) is 0 Å². The van der Waals surface area contributed by atoms with Crippen LogP contribution in [0, 0.1) is 0 Å². The van der Waals surface area contributed by atoms with Gasteiger partial charge in [0.15, 0.2) is 0 Å². The van der Waals surface area contributed by atoms with E-state index in [-0.39, 0.29) is 4.90 Å². The number of hydrogen-bond acceptors (Lipinski definition) is 5. The highest BCUT2D eigenvalue weighted by molar-refractivity contribution is 7.92. The standard InChI is InChI=1S/C13H14ClN3O3S/c1-15-13-6-4-10(8-16-13)21(18,19)17-9-3-5-12(20-2)11(14)7-9/h3-8,17H,1-2H3,(H,15,16). The van der Waals surface area contributed by atoms with E-state index >= 15 is 0 Å². The number of benzene rings is 1. The molecule has 2 aromatic rings. The number of hydrogen-bond donors (Lipinski definition) is 2. The van der Waals surface area contributed by atoms with Gasteiger partial charge in [0.2, 0.25) is 0 Å². The van der Waals surface area contributed by atoms with Crippen molar-refractivity contribution in [3.05, 3.63) is 41.6 Å². The Hall–Kier alpha value is -1.99. The summed E-state index contributed by atoms with van der Waals surface area (Å²) < 4.78 is 31.9. The van der Waals surface area contributed by atoms with Crippen molar-refractivity contribution >= 4 is 33.1 Å². The summed E-state index contributed by atoms with van der Waals surface area (Å²) in [5.74, 6) is 1.06. The maximum Gasteiger partial charge on any atom is 0.263 e. The number of ether oxygens (including phenoxy) is 1. The number of sulfonamides is 1. The van der Waals surface area contributed by atoms with Crippen LogP contribution in [0.5, 0.6) is 5.75 Å². The van der Waals surface area contributed by atoms with E-state index in [9.17, 15) is 8.42 Å². The lowest BCUT2D eigenvalue weighted by Gasteiger charge is -2.10. The van der Waals surface area contributed by atoms with Gasteiger partial charge in [-0.05, 0) is 30.3 Å². The first kappa shape index (κ1) is 15.4. The molecule has 1 heterocycles. The second kappa shape index (κ2) is 6.19. The lowest BCUT2D eigenvalue weighted by molar-refractivity contribution is 0.415. The number of rotatable bonds is 5. The Morgan fingerprint density at radius 3 is 2.52 bits per heavy atom. The highest BCUT2D eigenvalue weighted by atomic mass is 35.5. The number of methoxy groups -OCH3 is 1. The smallest absolute Gasteiger partial charge is 0.263 e. The lowest BCUT2D eigenvalue weighted by atomic mass is 10.3. The van der Waals surface area contributed by atoms with Crippen molar-refractivity contribution < 1.29 is 13.2 Å². The Kier molecular flexibility index (Phi) is 4.54. The van der Waals surface area contributed by atoms with Crippen LogP contribution < -0.4 is 14.8 Å². The number of halogens is 1. The van der Waals surface area contributed by atoms with Crippen LogP contribution >= 0.6 is 11.6 Å². The van der Waals surface area contributed by atoms with Gasteiger partial charge in [0, 0.05) is 13.2 Å². The maximum absolute atomic E-state index is 12.2. The Morgan fingerprint density at radius 2 is 2.00 bits per heavy atom. The van der Waals surface area contributed by atoms with Gasteiger partial charge in [0.1, 0.15) is 16.5 Å². The first-order chi connectivity index (χ1) is 9.96. The van der Waals surface area contributed by atoms with Gasteiger partial charge >= 0.3 is 0 Å². The van der Waals surface area contributed by atoms with Crippen molar-refractivity contribution in [2.24, 2.45) is 0 Å². The van der Waals surface area contributed by atoms with Crippen molar-refractivity contribution in [2.45, 2.75) is 4.90 Å². The van der Waals surface area contributed by atoms with Crippen LogP contribution in [-0.4, -0.2) is 27.6 Å². The van der Waals surface area contributed by atoms with Crippen molar-refractivity contribution in [3.63, 3.8) is 0 Å². The predicted octanol–water partition coefficient (Wildman–Crippen LogP) is 2.59. The van der Waals surface area contributed by atoms with E-state index in [1.54, 1.807) is 25.2 Å². The normalized spacial score (nSPS) is 11.0. The van der Waals surface area contributed by atoms with Gasteiger partial charge < -0.3 is 10.1 Å². The molecule has 0 amide bonds. The van der Waals surface area contributed by atoms with E-state index in [4.69, 9.17) is 16.3 Å². The van der Waals surface area contributed by atoms with E-state index < -0.39 is 10.0 Å². The molecular weight excluding hydrogens is 314 g/mol. The molecule has 2 rings (SSSR count). The minimum absolute atomic E-state index is 0.0634. The van der Waals surface area contributed by atoms with E-state index in [0.717, 1.165) is 0 Å². The molecule has 0 radical (unpaired) electrons. The second-order valence-corrected chi connectivity index (χ2v) is 6.17. The lowest BCUT2D eigenvalue weighted by Crippen LogP contribution is -2.13. The van der Waals surface area contributed by atoms with Gasteiger partial charge in [0.05, 0.1) is 17.8 Å². The zero-order valence-corrected chi connectivity index (χ0v) is 13.0. The maximum atomic E-state index is 12.2. The second-order valence-electron chi connectivity index (χ2n) is 4.08. The average Bonchev–Trinajstić information content (AvgIpc) is 2.47. The topological polar surface area (TPSA) is 80.3 Å². The minimum Gasteiger partial charge on any atom is -0.495 e. The Labute approximate surface area is 128 Å². The number of nitrogens with zero attached hydrogens (tertiary/aromatic N) is 1. The fourth-order valence-corrected chi connectivity index (χ4v) is 2.88. The van der Waals surface area contributed by atoms with Crippen molar-refractivity contribution in [1.82, 2.24) is 4.98 Å². The Bertz CT molecular complexity index is 733. The summed E-state index contributed by atoms with van der Waals surface area (Å²) in [4.78, 5) is 4.04. The van der Waals surface area contributed by atoms with Crippen LogP contribution in [-0.2, 0) is 10.0 Å². The molecule has 0 bridgehead atoms. The Balaban J connectivity index is 2.26. The van der Waals surface area contributed by atoms with Gasteiger partial charge in [0.25, 0.3) is 10.0 Å².